The number of hydrogen-bond donors (Lipinski definition) is 1. The first-order valence-corrected chi connectivity index (χ1v) is 7.42. The van der Waals surface area contributed by atoms with Crippen molar-refractivity contribution in [1.29, 1.82) is 0 Å². The van der Waals surface area contributed by atoms with E-state index in [0.717, 1.165) is 10.0 Å². The van der Waals surface area contributed by atoms with Gasteiger partial charge in [0.05, 0.1) is 0 Å². The van der Waals surface area contributed by atoms with Crippen molar-refractivity contribution in [3.63, 3.8) is 0 Å². The van der Waals surface area contributed by atoms with Gasteiger partial charge >= 0.3 is 5.91 Å². The van der Waals surface area contributed by atoms with Gasteiger partial charge in [-0.2, -0.15) is 4.73 Å². The highest BCUT2D eigenvalue weighted by Gasteiger charge is 2.23. The Morgan fingerprint density at radius 3 is 2.52 bits per heavy atom. The Morgan fingerprint density at radius 1 is 1.24 bits per heavy atom. The van der Waals surface area contributed by atoms with Gasteiger partial charge in [0, 0.05) is 28.6 Å². The lowest BCUT2D eigenvalue weighted by atomic mass is 9.84. The number of hydrogen-bond acceptors (Lipinski definition) is 2. The molecule has 0 aliphatic heterocycles. The minimum absolute atomic E-state index is 0.101. The van der Waals surface area contributed by atoms with Gasteiger partial charge in [-0.25, -0.2) is 0 Å². The molecule has 1 N–H and O–H groups in total. The van der Waals surface area contributed by atoms with Crippen LogP contribution < -0.4 is 10.0 Å². The molecule has 110 valence electrons. The van der Waals surface area contributed by atoms with E-state index in [1.165, 1.54) is 12.3 Å². The highest BCUT2D eigenvalue weighted by atomic mass is 79.9. The third kappa shape index (κ3) is 3.82. The van der Waals surface area contributed by atoms with Gasteiger partial charge in [-0.3, -0.25) is 4.79 Å². The average Bonchev–Trinajstić information content (AvgIpc) is 2.46. The van der Waals surface area contributed by atoms with Gasteiger partial charge in [0.25, 0.3) is 5.69 Å². The summed E-state index contributed by atoms with van der Waals surface area (Å²) in [5.74, 6) is -0.365. The van der Waals surface area contributed by atoms with E-state index >= 15 is 0 Å². The molecule has 5 heteroatoms. The van der Waals surface area contributed by atoms with Crippen LogP contribution in [0.25, 0.3) is 0 Å². The number of benzene rings is 1. The molecule has 0 atom stereocenters. The van der Waals surface area contributed by atoms with Crippen molar-refractivity contribution in [3.05, 3.63) is 69.6 Å². The number of aromatic nitrogens is 1. The summed E-state index contributed by atoms with van der Waals surface area (Å²) in [4.78, 5) is 12.1. The number of pyridine rings is 1. The van der Waals surface area contributed by atoms with Crippen LogP contribution in [0.4, 0.5) is 0 Å². The summed E-state index contributed by atoms with van der Waals surface area (Å²) in [6.45, 7) is 4.54. The number of nitrogens with zero attached hydrogens (tertiary/aromatic N) is 1. The zero-order chi connectivity index (χ0) is 15.5. The van der Waals surface area contributed by atoms with Crippen LogP contribution in [0.3, 0.4) is 0 Å². The first-order valence-electron chi connectivity index (χ1n) is 6.62. The number of nitrogens with one attached hydrogen (secondary N) is 1. The summed E-state index contributed by atoms with van der Waals surface area (Å²) in [6.07, 6.45) is 1.31. The topological polar surface area (TPSA) is 56.0 Å². The molecule has 0 radical (unpaired) electrons. The number of halogens is 1. The van der Waals surface area contributed by atoms with E-state index in [1.54, 1.807) is 12.1 Å². The molecule has 0 fully saturated rings. The minimum atomic E-state index is -0.365. The maximum atomic E-state index is 12.1. The molecule has 1 aromatic carbocycles. The summed E-state index contributed by atoms with van der Waals surface area (Å²) in [6, 6.07) is 12.8. The molecule has 2 aromatic rings. The molecule has 2 rings (SSSR count). The standard InChI is InChI=1S/C16H17BrN2O2/c1-16(2,12-6-8-13(17)9-7-12)11-18-15(20)14-5-3-4-10-19(14)21/h3-10H,11H2,1-2H3,(H,18,20). The maximum Gasteiger partial charge on any atom is 0.317 e. The number of carbonyl (C=O) groups is 1. The second-order valence-electron chi connectivity index (χ2n) is 5.49. The predicted octanol–water partition coefficient (Wildman–Crippen LogP) is 2.79. The summed E-state index contributed by atoms with van der Waals surface area (Å²) in [7, 11) is 0. The van der Waals surface area contributed by atoms with Gasteiger partial charge in [0.1, 0.15) is 0 Å². The van der Waals surface area contributed by atoms with Crippen molar-refractivity contribution >= 4 is 21.8 Å². The minimum Gasteiger partial charge on any atom is -0.618 e. The lowest BCUT2D eigenvalue weighted by molar-refractivity contribution is -0.607. The third-order valence-electron chi connectivity index (χ3n) is 3.37. The Hall–Kier alpha value is -1.88. The van der Waals surface area contributed by atoms with Crippen LogP contribution in [0, 0.1) is 5.21 Å². The van der Waals surface area contributed by atoms with Crippen LogP contribution in [0.2, 0.25) is 0 Å². The summed E-state index contributed by atoms with van der Waals surface area (Å²) >= 11 is 3.41. The smallest absolute Gasteiger partial charge is 0.317 e. The molecule has 21 heavy (non-hydrogen) atoms. The molecule has 1 amide bonds. The summed E-state index contributed by atoms with van der Waals surface area (Å²) < 4.78 is 1.59. The normalized spacial score (nSPS) is 11.2. The van der Waals surface area contributed by atoms with Crippen molar-refractivity contribution in [1.82, 2.24) is 5.32 Å². The SMILES string of the molecule is CC(C)(CNC(=O)c1cccc[n+]1[O-])c1ccc(Br)cc1. The number of amides is 1. The van der Waals surface area contributed by atoms with E-state index in [1.807, 2.05) is 38.1 Å². The summed E-state index contributed by atoms with van der Waals surface area (Å²) in [5.41, 5.74) is 0.997. The fourth-order valence-electron chi connectivity index (χ4n) is 2.00. The average molecular weight is 349 g/mol. The Labute approximate surface area is 132 Å². The molecule has 0 saturated heterocycles. The highest BCUT2D eigenvalue weighted by Crippen LogP contribution is 2.24. The maximum absolute atomic E-state index is 12.1. The molecular weight excluding hydrogens is 332 g/mol. The van der Waals surface area contributed by atoms with Gasteiger partial charge in [0.2, 0.25) is 0 Å². The Morgan fingerprint density at radius 2 is 1.90 bits per heavy atom. The van der Waals surface area contributed by atoms with E-state index in [2.05, 4.69) is 21.2 Å². The molecule has 0 bridgehead atoms. The molecule has 1 aromatic heterocycles. The van der Waals surface area contributed by atoms with Crippen molar-refractivity contribution in [2.24, 2.45) is 0 Å². The fraction of sp³-hybridized carbons (Fsp3) is 0.250. The van der Waals surface area contributed by atoms with Crippen molar-refractivity contribution in [3.8, 4) is 0 Å². The first-order chi connectivity index (χ1) is 9.90. The van der Waals surface area contributed by atoms with E-state index in [-0.39, 0.29) is 17.0 Å². The lowest BCUT2D eigenvalue weighted by Crippen LogP contribution is -2.43. The summed E-state index contributed by atoms with van der Waals surface area (Å²) in [5, 5.41) is 14.4. The second-order valence-corrected chi connectivity index (χ2v) is 6.40. The van der Waals surface area contributed by atoms with Gasteiger partial charge in [-0.05, 0) is 23.8 Å². The van der Waals surface area contributed by atoms with E-state index in [9.17, 15) is 10.0 Å². The predicted molar refractivity (Wildman–Crippen MR) is 84.9 cm³/mol. The zero-order valence-corrected chi connectivity index (χ0v) is 13.6. The molecule has 0 aliphatic rings. The molecule has 0 aliphatic carbocycles. The van der Waals surface area contributed by atoms with Crippen molar-refractivity contribution < 1.29 is 9.52 Å². The Balaban J connectivity index is 2.06. The van der Waals surface area contributed by atoms with Gasteiger partial charge in [0.15, 0.2) is 6.20 Å². The highest BCUT2D eigenvalue weighted by molar-refractivity contribution is 9.10. The fourth-order valence-corrected chi connectivity index (χ4v) is 2.26. The number of rotatable bonds is 4. The molecular formula is C16H17BrN2O2. The van der Waals surface area contributed by atoms with E-state index < -0.39 is 0 Å². The van der Waals surface area contributed by atoms with Gasteiger partial charge < -0.3 is 10.5 Å². The van der Waals surface area contributed by atoms with Crippen LogP contribution in [0.1, 0.15) is 29.9 Å². The lowest BCUT2D eigenvalue weighted by Gasteiger charge is -2.25. The van der Waals surface area contributed by atoms with Crippen LogP contribution >= 0.6 is 15.9 Å². The quantitative estimate of drug-likeness (QED) is 0.682. The molecule has 0 unspecified atom stereocenters. The molecule has 1 heterocycles. The van der Waals surface area contributed by atoms with E-state index in [4.69, 9.17) is 0 Å². The van der Waals surface area contributed by atoms with Gasteiger partial charge in [-0.15, -0.1) is 0 Å². The zero-order valence-electron chi connectivity index (χ0n) is 12.0. The molecule has 0 saturated carbocycles. The largest absolute Gasteiger partial charge is 0.618 e. The first kappa shape index (κ1) is 15.5. The van der Waals surface area contributed by atoms with Crippen LogP contribution in [-0.4, -0.2) is 12.5 Å². The van der Waals surface area contributed by atoms with Crippen molar-refractivity contribution in [2.45, 2.75) is 19.3 Å². The van der Waals surface area contributed by atoms with Crippen LogP contribution in [-0.2, 0) is 5.41 Å². The molecule has 4 nitrogen and oxygen atoms in total. The van der Waals surface area contributed by atoms with E-state index in [0.29, 0.717) is 11.3 Å². The van der Waals surface area contributed by atoms with Crippen LogP contribution in [0.15, 0.2) is 53.1 Å². The molecule has 0 spiro atoms. The van der Waals surface area contributed by atoms with Gasteiger partial charge in [-0.1, -0.05) is 41.9 Å². The van der Waals surface area contributed by atoms with Crippen molar-refractivity contribution in [2.75, 3.05) is 6.54 Å². The Bertz CT molecular complexity index is 639. The monoisotopic (exact) mass is 348 g/mol. The second kappa shape index (κ2) is 6.26. The van der Waals surface area contributed by atoms with Crippen LogP contribution in [0.5, 0.6) is 0 Å². The number of carbonyl (C=O) groups excluding carboxylic acids is 1. The third-order valence-corrected chi connectivity index (χ3v) is 3.90. The Kier molecular flexibility index (Phi) is 4.63.